The van der Waals surface area contributed by atoms with E-state index in [1.54, 1.807) is 0 Å². The van der Waals surface area contributed by atoms with Gasteiger partial charge in [0, 0.05) is 37.6 Å². The monoisotopic (exact) mass is 321 g/mol. The van der Waals surface area contributed by atoms with Crippen LogP contribution in [-0.2, 0) is 4.74 Å². The molecule has 0 spiro atoms. The van der Waals surface area contributed by atoms with Gasteiger partial charge < -0.3 is 15.0 Å². The number of ether oxygens (including phenoxy) is 1. The predicted octanol–water partition coefficient (Wildman–Crippen LogP) is 3.31. The second-order valence-electron chi connectivity index (χ2n) is 5.85. The molecule has 0 aliphatic carbocycles. The van der Waals surface area contributed by atoms with E-state index in [-0.39, 0.29) is 0 Å². The van der Waals surface area contributed by atoms with E-state index in [2.05, 4.69) is 58.2 Å². The molecule has 0 radical (unpaired) electrons. The highest BCUT2D eigenvalue weighted by Gasteiger charge is 2.16. The molecule has 3 rings (SSSR count). The summed E-state index contributed by atoms with van der Waals surface area (Å²) < 4.78 is 5.48. The van der Waals surface area contributed by atoms with Crippen LogP contribution in [0.3, 0.4) is 0 Å². The Labute approximate surface area is 143 Å². The number of hydrogen-bond donors (Lipinski definition) is 1. The smallest absolute Gasteiger partial charge is 0.136 e. The quantitative estimate of drug-likeness (QED) is 0.880. The van der Waals surface area contributed by atoms with Gasteiger partial charge in [0.05, 0.1) is 18.9 Å². The molecule has 24 heavy (non-hydrogen) atoms. The molecular weight excluding hydrogens is 298 g/mol. The summed E-state index contributed by atoms with van der Waals surface area (Å²) in [4.78, 5) is 6.96. The molecule has 0 bridgehead atoms. The topological polar surface area (TPSA) is 37.4 Å². The molecule has 1 fully saturated rings. The number of pyridine rings is 1. The number of rotatable bonds is 3. The van der Waals surface area contributed by atoms with Crippen molar-refractivity contribution in [2.75, 3.05) is 43.6 Å². The van der Waals surface area contributed by atoms with Gasteiger partial charge in [-0.3, -0.25) is 0 Å². The molecule has 0 atom stereocenters. The van der Waals surface area contributed by atoms with Crippen molar-refractivity contribution in [2.45, 2.75) is 13.8 Å². The normalized spacial score (nSPS) is 14.0. The van der Waals surface area contributed by atoms with Crippen molar-refractivity contribution < 1.29 is 4.74 Å². The van der Waals surface area contributed by atoms with Crippen molar-refractivity contribution in [3.63, 3.8) is 0 Å². The first-order chi connectivity index (χ1) is 11.7. The Bertz CT molecular complexity index is 783. The van der Waals surface area contributed by atoms with Gasteiger partial charge in [0.25, 0.3) is 0 Å². The van der Waals surface area contributed by atoms with Crippen LogP contribution in [0.2, 0.25) is 0 Å². The minimum Gasteiger partial charge on any atom is -0.388 e. The fourth-order valence-corrected chi connectivity index (χ4v) is 2.95. The van der Waals surface area contributed by atoms with Gasteiger partial charge in [-0.2, -0.15) is 0 Å². The van der Waals surface area contributed by atoms with Gasteiger partial charge in [0.2, 0.25) is 0 Å². The van der Waals surface area contributed by atoms with Gasteiger partial charge in [0.1, 0.15) is 5.69 Å². The van der Waals surface area contributed by atoms with Crippen molar-refractivity contribution in [1.82, 2.24) is 4.98 Å². The van der Waals surface area contributed by atoms with Crippen LogP contribution in [0, 0.1) is 18.8 Å². The summed E-state index contributed by atoms with van der Waals surface area (Å²) in [7, 11) is 1.94. The fraction of sp³-hybridized carbons (Fsp3) is 0.350. The van der Waals surface area contributed by atoms with Crippen molar-refractivity contribution in [3.8, 4) is 23.0 Å². The standard InChI is InChI=1S/C20H23N3O/c1-4-5-19-20(23-8-10-24-11-9-23)12-16(14-22-19)18-13-17(21-3)7-6-15(18)2/h6-7,12-14,21H,8-11H2,1-3H3. The van der Waals surface area contributed by atoms with Crippen LogP contribution in [0.25, 0.3) is 11.1 Å². The third kappa shape index (κ3) is 3.37. The average molecular weight is 321 g/mol. The summed E-state index contributed by atoms with van der Waals surface area (Å²) in [5, 5.41) is 3.20. The Morgan fingerprint density at radius 2 is 2.00 bits per heavy atom. The van der Waals surface area contributed by atoms with Crippen molar-refractivity contribution in [3.05, 3.63) is 41.7 Å². The van der Waals surface area contributed by atoms with Crippen LogP contribution in [0.4, 0.5) is 11.4 Å². The fourth-order valence-electron chi connectivity index (χ4n) is 2.95. The van der Waals surface area contributed by atoms with E-state index in [0.717, 1.165) is 48.9 Å². The minimum atomic E-state index is 0.748. The van der Waals surface area contributed by atoms with Gasteiger partial charge >= 0.3 is 0 Å². The third-order valence-electron chi connectivity index (χ3n) is 4.30. The zero-order valence-corrected chi connectivity index (χ0v) is 14.5. The van der Waals surface area contributed by atoms with E-state index in [1.165, 1.54) is 11.1 Å². The second-order valence-corrected chi connectivity index (χ2v) is 5.85. The van der Waals surface area contributed by atoms with E-state index in [4.69, 9.17) is 4.74 Å². The molecule has 0 unspecified atom stereocenters. The van der Waals surface area contributed by atoms with Gasteiger partial charge in [-0.1, -0.05) is 12.0 Å². The lowest BCUT2D eigenvalue weighted by molar-refractivity contribution is 0.122. The number of hydrogen-bond acceptors (Lipinski definition) is 4. The summed E-state index contributed by atoms with van der Waals surface area (Å²) in [5.41, 5.74) is 6.58. The van der Waals surface area contributed by atoms with E-state index >= 15 is 0 Å². The summed E-state index contributed by atoms with van der Waals surface area (Å²) >= 11 is 0. The van der Waals surface area contributed by atoms with Crippen LogP contribution < -0.4 is 10.2 Å². The molecule has 1 aromatic heterocycles. The van der Waals surface area contributed by atoms with Crippen LogP contribution in [0.1, 0.15) is 18.2 Å². The number of nitrogens with one attached hydrogen (secondary N) is 1. The highest BCUT2D eigenvalue weighted by Crippen LogP contribution is 2.30. The van der Waals surface area contributed by atoms with E-state index < -0.39 is 0 Å². The number of nitrogens with zero attached hydrogens (tertiary/aromatic N) is 2. The molecular formula is C20H23N3O. The van der Waals surface area contributed by atoms with E-state index in [0.29, 0.717) is 0 Å². The summed E-state index contributed by atoms with van der Waals surface area (Å²) in [6, 6.07) is 8.60. The molecule has 1 aliphatic heterocycles. The minimum absolute atomic E-state index is 0.748. The summed E-state index contributed by atoms with van der Waals surface area (Å²) in [6.45, 7) is 7.22. The maximum Gasteiger partial charge on any atom is 0.136 e. The summed E-state index contributed by atoms with van der Waals surface area (Å²) in [5.74, 6) is 6.11. The zero-order valence-electron chi connectivity index (χ0n) is 14.5. The van der Waals surface area contributed by atoms with Gasteiger partial charge in [-0.25, -0.2) is 4.98 Å². The molecule has 124 valence electrons. The molecule has 1 aromatic carbocycles. The number of anilines is 2. The van der Waals surface area contributed by atoms with Gasteiger partial charge in [0.15, 0.2) is 0 Å². The Kier molecular flexibility index (Phi) is 5.02. The first-order valence-electron chi connectivity index (χ1n) is 8.27. The van der Waals surface area contributed by atoms with Gasteiger partial charge in [-0.05, 0) is 49.1 Å². The predicted molar refractivity (Wildman–Crippen MR) is 99.5 cm³/mol. The first-order valence-corrected chi connectivity index (χ1v) is 8.27. The van der Waals surface area contributed by atoms with Crippen LogP contribution in [0.5, 0.6) is 0 Å². The number of morpholine rings is 1. The van der Waals surface area contributed by atoms with Crippen molar-refractivity contribution in [1.29, 1.82) is 0 Å². The molecule has 2 heterocycles. The molecule has 4 heteroatoms. The molecule has 1 saturated heterocycles. The van der Waals surface area contributed by atoms with E-state index in [9.17, 15) is 0 Å². The third-order valence-corrected chi connectivity index (χ3v) is 4.30. The highest BCUT2D eigenvalue weighted by molar-refractivity contribution is 5.75. The van der Waals surface area contributed by atoms with Gasteiger partial charge in [-0.15, -0.1) is 0 Å². The number of aromatic nitrogens is 1. The maximum absolute atomic E-state index is 5.48. The summed E-state index contributed by atoms with van der Waals surface area (Å²) in [6.07, 6.45) is 1.92. The Hall–Kier alpha value is -2.51. The first kappa shape index (κ1) is 16.4. The Morgan fingerprint density at radius 1 is 1.21 bits per heavy atom. The number of benzene rings is 1. The largest absolute Gasteiger partial charge is 0.388 e. The lowest BCUT2D eigenvalue weighted by atomic mass is 10.00. The SMILES string of the molecule is CC#Cc1ncc(-c2cc(NC)ccc2C)cc1N1CCOCC1. The molecule has 4 nitrogen and oxygen atoms in total. The van der Waals surface area contributed by atoms with Crippen LogP contribution >= 0.6 is 0 Å². The molecule has 1 aliphatic rings. The average Bonchev–Trinajstić information content (AvgIpc) is 2.63. The van der Waals surface area contributed by atoms with Crippen molar-refractivity contribution in [2.24, 2.45) is 0 Å². The highest BCUT2D eigenvalue weighted by atomic mass is 16.5. The lowest BCUT2D eigenvalue weighted by Gasteiger charge is -2.29. The number of aryl methyl sites for hydroxylation is 1. The molecule has 1 N–H and O–H groups in total. The molecule has 0 saturated carbocycles. The molecule has 2 aromatic rings. The Morgan fingerprint density at radius 3 is 2.71 bits per heavy atom. The van der Waals surface area contributed by atoms with Crippen LogP contribution in [-0.4, -0.2) is 38.3 Å². The Balaban J connectivity index is 2.07. The maximum atomic E-state index is 5.48. The van der Waals surface area contributed by atoms with E-state index in [1.807, 2.05) is 20.2 Å². The van der Waals surface area contributed by atoms with Crippen molar-refractivity contribution >= 4 is 11.4 Å². The second kappa shape index (κ2) is 7.37. The molecule has 0 amide bonds. The van der Waals surface area contributed by atoms with Crippen LogP contribution in [0.15, 0.2) is 30.5 Å². The zero-order chi connectivity index (χ0) is 16.9. The lowest BCUT2D eigenvalue weighted by Crippen LogP contribution is -2.36.